The summed E-state index contributed by atoms with van der Waals surface area (Å²) in [4.78, 5) is 44.9. The zero-order valence-corrected chi connectivity index (χ0v) is 18.9. The van der Waals surface area contributed by atoms with Gasteiger partial charge in [0.15, 0.2) is 5.78 Å². The maximum atomic E-state index is 12.8. The third kappa shape index (κ3) is 5.94. The van der Waals surface area contributed by atoms with Gasteiger partial charge in [-0.1, -0.05) is 38.1 Å². The number of hydrogen-bond acceptors (Lipinski definition) is 5. The highest BCUT2D eigenvalue weighted by Gasteiger charge is 2.35. The molecule has 2 aliphatic heterocycles. The van der Waals surface area contributed by atoms with E-state index < -0.39 is 6.04 Å². The minimum absolute atomic E-state index is 0.0839. The summed E-state index contributed by atoms with van der Waals surface area (Å²) in [6.45, 7) is 7.00. The van der Waals surface area contributed by atoms with Gasteiger partial charge in [0.25, 0.3) is 0 Å². The van der Waals surface area contributed by atoms with Gasteiger partial charge in [0.2, 0.25) is 11.8 Å². The minimum Gasteiger partial charge on any atom is -0.410 e. The Morgan fingerprint density at radius 1 is 1.19 bits per heavy atom. The third-order valence-electron chi connectivity index (χ3n) is 5.80. The van der Waals surface area contributed by atoms with E-state index in [0.29, 0.717) is 43.2 Å². The van der Waals surface area contributed by atoms with Crippen LogP contribution in [0.5, 0.6) is 0 Å². The average Bonchev–Trinajstić information content (AvgIpc) is 3.33. The number of nitrogens with one attached hydrogen (secondary N) is 1. The third-order valence-corrected chi connectivity index (χ3v) is 5.80. The fraction of sp³-hybridized carbons (Fsp3) is 0.542. The van der Waals surface area contributed by atoms with Gasteiger partial charge in [0, 0.05) is 32.1 Å². The standard InChI is InChI=1S/C24H33N3O4/c1-16(2)12-22(28)19-9-7-18(8-10-19)15-25-24(30)21-6-5-11-27(21)23(29)14-20-13-17(3)26(4)31-20/h7-10,13,16-17,21H,5-6,11-12,14-15H2,1-4H3,(H,25,30)/t17?,21-/m0/s1. The number of carbonyl (C=O) groups excluding carboxylic acids is 3. The summed E-state index contributed by atoms with van der Waals surface area (Å²) in [5.74, 6) is 0.868. The number of hydrogen-bond donors (Lipinski definition) is 1. The summed E-state index contributed by atoms with van der Waals surface area (Å²) in [7, 11) is 1.83. The summed E-state index contributed by atoms with van der Waals surface area (Å²) in [6.07, 6.45) is 4.10. The Bertz CT molecular complexity index is 847. The molecular weight excluding hydrogens is 394 g/mol. The van der Waals surface area contributed by atoms with Crippen LogP contribution in [0.3, 0.4) is 0 Å². The smallest absolute Gasteiger partial charge is 0.243 e. The molecule has 0 radical (unpaired) electrons. The Morgan fingerprint density at radius 2 is 1.90 bits per heavy atom. The van der Waals surface area contributed by atoms with Crippen LogP contribution in [-0.2, 0) is 21.0 Å². The zero-order valence-electron chi connectivity index (χ0n) is 18.9. The monoisotopic (exact) mass is 427 g/mol. The van der Waals surface area contributed by atoms with Crippen LogP contribution in [0.25, 0.3) is 0 Å². The number of likely N-dealkylation sites (tertiary alicyclic amines) is 1. The number of carbonyl (C=O) groups is 3. The lowest BCUT2D eigenvalue weighted by molar-refractivity contribution is -0.140. The molecule has 0 aromatic heterocycles. The summed E-state index contributed by atoms with van der Waals surface area (Å²) in [6, 6.07) is 7.04. The lowest BCUT2D eigenvalue weighted by Crippen LogP contribution is -2.45. The summed E-state index contributed by atoms with van der Waals surface area (Å²) < 4.78 is 0. The molecule has 1 aromatic carbocycles. The van der Waals surface area contributed by atoms with E-state index in [0.717, 1.165) is 12.0 Å². The maximum Gasteiger partial charge on any atom is 0.243 e. The first-order chi connectivity index (χ1) is 14.7. The van der Waals surface area contributed by atoms with E-state index in [-0.39, 0.29) is 30.1 Å². The van der Waals surface area contributed by atoms with Gasteiger partial charge in [-0.15, -0.1) is 5.06 Å². The normalized spacial score (nSPS) is 21.2. The van der Waals surface area contributed by atoms with Crippen molar-refractivity contribution >= 4 is 17.6 Å². The lowest BCUT2D eigenvalue weighted by atomic mass is 10.0. The van der Waals surface area contributed by atoms with Crippen LogP contribution >= 0.6 is 0 Å². The van der Waals surface area contributed by atoms with Crippen LogP contribution in [0.15, 0.2) is 36.1 Å². The van der Waals surface area contributed by atoms with Gasteiger partial charge in [0.1, 0.15) is 11.8 Å². The summed E-state index contributed by atoms with van der Waals surface area (Å²) in [5.41, 5.74) is 1.62. The van der Waals surface area contributed by atoms with Crippen LogP contribution < -0.4 is 5.32 Å². The topological polar surface area (TPSA) is 79.0 Å². The van der Waals surface area contributed by atoms with Crippen LogP contribution in [0.4, 0.5) is 0 Å². The Morgan fingerprint density at radius 3 is 2.52 bits per heavy atom. The van der Waals surface area contributed by atoms with Crippen molar-refractivity contribution in [3.05, 3.63) is 47.2 Å². The first-order valence-corrected chi connectivity index (χ1v) is 11.1. The van der Waals surface area contributed by atoms with Gasteiger partial charge >= 0.3 is 0 Å². The molecule has 1 saturated heterocycles. The second kappa shape index (κ2) is 10.1. The fourth-order valence-corrected chi connectivity index (χ4v) is 3.96. The molecule has 0 bridgehead atoms. The van der Waals surface area contributed by atoms with Gasteiger partial charge < -0.3 is 15.1 Å². The average molecular weight is 428 g/mol. The van der Waals surface area contributed by atoms with Crippen molar-refractivity contribution in [2.75, 3.05) is 13.6 Å². The predicted octanol–water partition coefficient (Wildman–Crippen LogP) is 3.06. The first-order valence-electron chi connectivity index (χ1n) is 11.1. The molecule has 1 aromatic rings. The zero-order chi connectivity index (χ0) is 22.5. The number of benzene rings is 1. The van der Waals surface area contributed by atoms with E-state index in [1.54, 1.807) is 9.96 Å². The molecule has 168 valence electrons. The Hall–Kier alpha value is -2.67. The van der Waals surface area contributed by atoms with Gasteiger partial charge in [-0.3, -0.25) is 14.4 Å². The van der Waals surface area contributed by atoms with Crippen molar-refractivity contribution in [1.29, 1.82) is 0 Å². The van der Waals surface area contributed by atoms with E-state index in [2.05, 4.69) is 5.32 Å². The molecule has 1 unspecified atom stereocenters. The Balaban J connectivity index is 1.52. The molecule has 31 heavy (non-hydrogen) atoms. The molecule has 2 heterocycles. The number of nitrogens with zero attached hydrogens (tertiary/aromatic N) is 2. The predicted molar refractivity (Wildman–Crippen MR) is 118 cm³/mol. The number of likely N-dealkylation sites (N-methyl/N-ethyl adjacent to an activating group) is 1. The van der Waals surface area contributed by atoms with Crippen LogP contribution in [0.1, 0.15) is 62.4 Å². The SMILES string of the molecule is CC(C)CC(=O)c1ccc(CNC(=O)[C@@H]2CCCN2C(=O)CC2=CC(C)N(C)O2)cc1. The van der Waals surface area contributed by atoms with Gasteiger partial charge in [-0.05, 0) is 37.3 Å². The van der Waals surface area contributed by atoms with E-state index in [4.69, 9.17) is 4.84 Å². The van der Waals surface area contributed by atoms with Crippen molar-refractivity contribution in [3.63, 3.8) is 0 Å². The molecule has 2 amide bonds. The lowest BCUT2D eigenvalue weighted by Gasteiger charge is -2.24. The highest BCUT2D eigenvalue weighted by molar-refractivity contribution is 5.96. The number of ketones is 1. The van der Waals surface area contributed by atoms with Gasteiger partial charge in [0.05, 0.1) is 12.5 Å². The Labute approximate surface area is 184 Å². The van der Waals surface area contributed by atoms with E-state index in [1.165, 1.54) is 0 Å². The van der Waals surface area contributed by atoms with E-state index in [1.807, 2.05) is 58.2 Å². The van der Waals surface area contributed by atoms with Crippen molar-refractivity contribution in [1.82, 2.24) is 15.3 Å². The first kappa shape index (κ1) is 23.0. The second-order valence-corrected chi connectivity index (χ2v) is 8.87. The molecule has 0 aliphatic carbocycles. The van der Waals surface area contributed by atoms with E-state index in [9.17, 15) is 14.4 Å². The van der Waals surface area contributed by atoms with Crippen LogP contribution in [0.2, 0.25) is 0 Å². The quantitative estimate of drug-likeness (QED) is 0.645. The maximum absolute atomic E-state index is 12.8. The van der Waals surface area contributed by atoms with Gasteiger partial charge in [-0.25, -0.2) is 0 Å². The number of amides is 2. The molecular formula is C24H33N3O4. The largest absolute Gasteiger partial charge is 0.410 e. The molecule has 3 rings (SSSR count). The molecule has 7 heteroatoms. The molecule has 1 N–H and O–H groups in total. The minimum atomic E-state index is -0.448. The molecule has 2 aliphatic rings. The number of rotatable bonds is 8. The van der Waals surface area contributed by atoms with Gasteiger partial charge in [-0.2, -0.15) is 0 Å². The Kier molecular flexibility index (Phi) is 7.49. The molecule has 7 nitrogen and oxygen atoms in total. The molecule has 0 saturated carbocycles. The summed E-state index contributed by atoms with van der Waals surface area (Å²) >= 11 is 0. The highest BCUT2D eigenvalue weighted by Crippen LogP contribution is 2.23. The summed E-state index contributed by atoms with van der Waals surface area (Å²) in [5, 5.41) is 4.65. The second-order valence-electron chi connectivity index (χ2n) is 8.87. The van der Waals surface area contributed by atoms with E-state index >= 15 is 0 Å². The highest BCUT2D eigenvalue weighted by atomic mass is 16.7. The van der Waals surface area contributed by atoms with Crippen LogP contribution in [-0.4, -0.2) is 53.2 Å². The van der Waals surface area contributed by atoms with Crippen LogP contribution in [0, 0.1) is 5.92 Å². The molecule has 2 atom stereocenters. The fourth-order valence-electron chi connectivity index (χ4n) is 3.96. The van der Waals surface area contributed by atoms with Crippen molar-refractivity contribution < 1.29 is 19.2 Å². The number of Topliss-reactive ketones (excluding diaryl/α,β-unsaturated/α-hetero) is 1. The molecule has 0 spiro atoms. The van der Waals surface area contributed by atoms with Crippen molar-refractivity contribution in [2.24, 2.45) is 5.92 Å². The number of hydroxylamine groups is 2. The van der Waals surface area contributed by atoms with Crippen molar-refractivity contribution in [2.45, 2.75) is 65.1 Å². The van der Waals surface area contributed by atoms with Crippen molar-refractivity contribution in [3.8, 4) is 0 Å². The molecule has 1 fully saturated rings.